The number of ether oxygens (including phenoxy) is 1. The Labute approximate surface area is 174 Å². The summed E-state index contributed by atoms with van der Waals surface area (Å²) in [7, 11) is 0. The van der Waals surface area contributed by atoms with E-state index in [-0.39, 0.29) is 11.8 Å². The molecule has 5 nitrogen and oxygen atoms in total. The van der Waals surface area contributed by atoms with Crippen molar-refractivity contribution < 1.29 is 14.3 Å². The molecule has 0 aliphatic carbocycles. The van der Waals surface area contributed by atoms with Crippen LogP contribution in [0.5, 0.6) is 5.75 Å². The van der Waals surface area contributed by atoms with Crippen LogP contribution in [0.2, 0.25) is 10.0 Å². The van der Waals surface area contributed by atoms with Gasteiger partial charge in [-0.25, -0.2) is 0 Å². The van der Waals surface area contributed by atoms with Gasteiger partial charge in [-0.3, -0.25) is 9.59 Å². The molecular formula is C21H22Cl2N2O3. The molecule has 1 aliphatic rings. The lowest BCUT2D eigenvalue weighted by Gasteiger charge is -2.17. The van der Waals surface area contributed by atoms with E-state index in [1.807, 2.05) is 30.3 Å². The molecule has 1 aliphatic heterocycles. The number of carbonyl (C=O) groups is 2. The van der Waals surface area contributed by atoms with E-state index in [2.05, 4.69) is 10.6 Å². The maximum absolute atomic E-state index is 12.0. The molecule has 0 atom stereocenters. The lowest BCUT2D eigenvalue weighted by atomic mass is 10.0. The lowest BCUT2D eigenvalue weighted by molar-refractivity contribution is -0.121. The van der Waals surface area contributed by atoms with Crippen LogP contribution in [0.25, 0.3) is 0 Å². The molecule has 2 aromatic carbocycles. The topological polar surface area (TPSA) is 67.4 Å². The smallest absolute Gasteiger partial charge is 0.224 e. The van der Waals surface area contributed by atoms with Crippen molar-refractivity contribution in [1.29, 1.82) is 0 Å². The van der Waals surface area contributed by atoms with Crippen molar-refractivity contribution in [2.45, 2.75) is 32.1 Å². The predicted octanol–water partition coefficient (Wildman–Crippen LogP) is 4.40. The number of benzene rings is 2. The second-order valence-corrected chi connectivity index (χ2v) is 7.42. The summed E-state index contributed by atoms with van der Waals surface area (Å²) in [5.41, 5.74) is 2.85. The third kappa shape index (κ3) is 5.63. The van der Waals surface area contributed by atoms with Crippen LogP contribution in [0.15, 0.2) is 36.4 Å². The minimum Gasteiger partial charge on any atom is -0.494 e. The van der Waals surface area contributed by atoms with Crippen LogP contribution < -0.4 is 15.4 Å². The number of hydrogen-bond acceptors (Lipinski definition) is 3. The molecule has 0 saturated carbocycles. The first-order chi connectivity index (χ1) is 13.5. The highest BCUT2D eigenvalue weighted by atomic mass is 35.5. The molecule has 2 amide bonds. The number of rotatable bonds is 8. The SMILES string of the molecule is O=C(CCCOc1ccc2c(c1)CCC(=O)N2)NCCc1cccc(Cl)c1Cl. The van der Waals surface area contributed by atoms with Gasteiger partial charge in [-0.2, -0.15) is 0 Å². The van der Waals surface area contributed by atoms with Gasteiger partial charge < -0.3 is 15.4 Å². The summed E-state index contributed by atoms with van der Waals surface area (Å²) in [6, 6.07) is 11.1. The number of amides is 2. The fraction of sp³-hybridized carbons (Fsp3) is 0.333. The van der Waals surface area contributed by atoms with Gasteiger partial charge in [0, 0.05) is 25.1 Å². The van der Waals surface area contributed by atoms with Gasteiger partial charge in [0.15, 0.2) is 0 Å². The fourth-order valence-corrected chi connectivity index (χ4v) is 3.45. The number of carbonyl (C=O) groups excluding carboxylic acids is 2. The number of aryl methyl sites for hydroxylation is 1. The van der Waals surface area contributed by atoms with Gasteiger partial charge in [-0.1, -0.05) is 35.3 Å². The minimum absolute atomic E-state index is 0.0186. The van der Waals surface area contributed by atoms with Gasteiger partial charge >= 0.3 is 0 Å². The molecule has 0 saturated heterocycles. The Kier molecular flexibility index (Phi) is 7.18. The first kappa shape index (κ1) is 20.5. The third-order valence-corrected chi connectivity index (χ3v) is 5.40. The quantitative estimate of drug-likeness (QED) is 0.621. The molecule has 148 valence electrons. The van der Waals surface area contributed by atoms with Crippen molar-refractivity contribution in [2.24, 2.45) is 0 Å². The van der Waals surface area contributed by atoms with Crippen LogP contribution in [0.3, 0.4) is 0 Å². The largest absolute Gasteiger partial charge is 0.494 e. The molecule has 0 spiro atoms. The zero-order valence-electron chi connectivity index (χ0n) is 15.4. The highest BCUT2D eigenvalue weighted by molar-refractivity contribution is 6.42. The summed E-state index contributed by atoms with van der Waals surface area (Å²) < 4.78 is 5.73. The van der Waals surface area contributed by atoms with Gasteiger partial charge in [-0.05, 0) is 54.7 Å². The molecule has 2 aromatic rings. The number of anilines is 1. The lowest BCUT2D eigenvalue weighted by Crippen LogP contribution is -2.25. The van der Waals surface area contributed by atoms with Gasteiger partial charge in [0.25, 0.3) is 0 Å². The van der Waals surface area contributed by atoms with Crippen molar-refractivity contribution in [3.05, 3.63) is 57.6 Å². The van der Waals surface area contributed by atoms with E-state index in [4.69, 9.17) is 27.9 Å². The maximum atomic E-state index is 12.0. The first-order valence-electron chi connectivity index (χ1n) is 9.28. The molecule has 0 radical (unpaired) electrons. The van der Waals surface area contributed by atoms with Gasteiger partial charge in [0.2, 0.25) is 11.8 Å². The average Bonchev–Trinajstić information content (AvgIpc) is 2.68. The van der Waals surface area contributed by atoms with E-state index >= 15 is 0 Å². The molecule has 0 aromatic heterocycles. The van der Waals surface area contributed by atoms with E-state index in [1.54, 1.807) is 6.07 Å². The molecule has 1 heterocycles. The third-order valence-electron chi connectivity index (χ3n) is 4.54. The average molecular weight is 421 g/mol. The van der Waals surface area contributed by atoms with E-state index < -0.39 is 0 Å². The summed E-state index contributed by atoms with van der Waals surface area (Å²) >= 11 is 12.1. The Balaban J connectivity index is 1.34. The Morgan fingerprint density at radius 3 is 2.89 bits per heavy atom. The van der Waals surface area contributed by atoms with Crippen LogP contribution in [-0.4, -0.2) is 25.0 Å². The number of hydrogen-bond donors (Lipinski definition) is 2. The van der Waals surface area contributed by atoms with Crippen molar-refractivity contribution in [2.75, 3.05) is 18.5 Å². The Hall–Kier alpha value is -2.24. The maximum Gasteiger partial charge on any atom is 0.224 e. The second kappa shape index (κ2) is 9.80. The Morgan fingerprint density at radius 2 is 2.04 bits per heavy atom. The van der Waals surface area contributed by atoms with E-state index in [0.717, 1.165) is 29.0 Å². The predicted molar refractivity (Wildman–Crippen MR) is 111 cm³/mol. The molecule has 0 fully saturated rings. The molecule has 28 heavy (non-hydrogen) atoms. The fourth-order valence-electron chi connectivity index (χ4n) is 3.04. The minimum atomic E-state index is -0.0186. The Bertz CT molecular complexity index is 871. The molecule has 3 rings (SSSR count). The number of halogens is 2. The molecule has 0 bridgehead atoms. The van der Waals surface area contributed by atoms with Crippen LogP contribution in [0.1, 0.15) is 30.4 Å². The molecule has 7 heteroatoms. The Morgan fingerprint density at radius 1 is 1.18 bits per heavy atom. The van der Waals surface area contributed by atoms with Crippen LogP contribution in [-0.2, 0) is 22.4 Å². The monoisotopic (exact) mass is 420 g/mol. The summed E-state index contributed by atoms with van der Waals surface area (Å²) in [6.07, 6.45) is 2.86. The number of fused-ring (bicyclic) bond motifs is 1. The molecule has 0 unspecified atom stereocenters. The standard InChI is InChI=1S/C21H22Cl2N2O3/c22-17-4-1-3-14(21(17)23)10-11-24-19(26)5-2-12-28-16-7-8-18-15(13-16)6-9-20(27)25-18/h1,3-4,7-8,13H,2,5-6,9-12H2,(H,24,26)(H,25,27). The van der Waals surface area contributed by atoms with Crippen LogP contribution in [0, 0.1) is 0 Å². The van der Waals surface area contributed by atoms with E-state index in [1.165, 1.54) is 0 Å². The zero-order valence-corrected chi connectivity index (χ0v) is 16.9. The van der Waals surface area contributed by atoms with Crippen molar-refractivity contribution in [3.63, 3.8) is 0 Å². The van der Waals surface area contributed by atoms with E-state index in [9.17, 15) is 9.59 Å². The zero-order chi connectivity index (χ0) is 19.9. The van der Waals surface area contributed by atoms with Crippen LogP contribution in [0.4, 0.5) is 5.69 Å². The van der Waals surface area contributed by atoms with Gasteiger partial charge in [0.1, 0.15) is 5.75 Å². The summed E-state index contributed by atoms with van der Waals surface area (Å²) in [6.45, 7) is 0.967. The number of nitrogens with one attached hydrogen (secondary N) is 2. The second-order valence-electron chi connectivity index (χ2n) is 6.63. The molecular weight excluding hydrogens is 399 g/mol. The normalized spacial score (nSPS) is 12.9. The van der Waals surface area contributed by atoms with Crippen molar-refractivity contribution >= 4 is 40.7 Å². The highest BCUT2D eigenvalue weighted by Crippen LogP contribution is 2.27. The van der Waals surface area contributed by atoms with Crippen molar-refractivity contribution in [3.8, 4) is 5.75 Å². The molecule has 2 N–H and O–H groups in total. The van der Waals surface area contributed by atoms with Gasteiger partial charge in [-0.15, -0.1) is 0 Å². The van der Waals surface area contributed by atoms with E-state index in [0.29, 0.717) is 48.9 Å². The van der Waals surface area contributed by atoms with Gasteiger partial charge in [0.05, 0.1) is 16.7 Å². The first-order valence-corrected chi connectivity index (χ1v) is 10.0. The van der Waals surface area contributed by atoms with Crippen LogP contribution >= 0.6 is 23.2 Å². The summed E-state index contributed by atoms with van der Waals surface area (Å²) in [4.78, 5) is 23.3. The summed E-state index contributed by atoms with van der Waals surface area (Å²) in [5, 5.41) is 6.79. The highest BCUT2D eigenvalue weighted by Gasteiger charge is 2.15. The summed E-state index contributed by atoms with van der Waals surface area (Å²) in [5.74, 6) is 0.783. The van der Waals surface area contributed by atoms with Crippen molar-refractivity contribution in [1.82, 2.24) is 5.32 Å².